The molecule has 0 N–H and O–H groups in total. The molecule has 0 spiro atoms. The Balaban J connectivity index is 2.28. The monoisotopic (exact) mass is 248 g/mol. The summed E-state index contributed by atoms with van der Waals surface area (Å²) in [6, 6.07) is 8.85. The fourth-order valence-electron chi connectivity index (χ4n) is 1.78. The molecule has 2 aromatic carbocycles. The van der Waals surface area contributed by atoms with E-state index in [0.717, 1.165) is 18.1 Å². The number of hydrogen-bond donors (Lipinski definition) is 0. The second kappa shape index (κ2) is 5.17. The maximum atomic E-state index is 13.4. The minimum atomic E-state index is -0.700. The van der Waals surface area contributed by atoms with Crippen molar-refractivity contribution in [3.63, 3.8) is 0 Å². The van der Waals surface area contributed by atoms with Gasteiger partial charge in [-0.2, -0.15) is 0 Å². The number of benzene rings is 2. The molecule has 0 aliphatic heterocycles. The van der Waals surface area contributed by atoms with E-state index in [4.69, 9.17) is 4.74 Å². The number of halogens is 2. The van der Waals surface area contributed by atoms with Crippen molar-refractivity contribution < 1.29 is 13.5 Å². The van der Waals surface area contributed by atoms with Crippen molar-refractivity contribution in [3.8, 4) is 11.5 Å². The molecule has 0 aliphatic carbocycles. The Labute approximate surface area is 105 Å². The molecule has 94 valence electrons. The minimum Gasteiger partial charge on any atom is -0.454 e. The van der Waals surface area contributed by atoms with E-state index in [1.165, 1.54) is 17.7 Å². The van der Waals surface area contributed by atoms with E-state index < -0.39 is 11.6 Å². The quantitative estimate of drug-likeness (QED) is 0.769. The van der Waals surface area contributed by atoms with E-state index in [1.807, 2.05) is 26.0 Å². The van der Waals surface area contributed by atoms with Crippen LogP contribution in [0.2, 0.25) is 0 Å². The third kappa shape index (κ3) is 2.67. The van der Waals surface area contributed by atoms with Crippen LogP contribution in [0.1, 0.15) is 18.1 Å². The van der Waals surface area contributed by atoms with Gasteiger partial charge in [-0.25, -0.2) is 8.78 Å². The highest BCUT2D eigenvalue weighted by Crippen LogP contribution is 2.26. The average Bonchev–Trinajstić information content (AvgIpc) is 2.35. The normalized spacial score (nSPS) is 10.4. The predicted molar refractivity (Wildman–Crippen MR) is 67.0 cm³/mol. The predicted octanol–water partition coefficient (Wildman–Crippen LogP) is 4.63. The van der Waals surface area contributed by atoms with Gasteiger partial charge in [-0.05, 0) is 48.7 Å². The van der Waals surface area contributed by atoms with Crippen LogP contribution in [-0.4, -0.2) is 0 Å². The highest BCUT2D eigenvalue weighted by Gasteiger charge is 2.07. The van der Waals surface area contributed by atoms with E-state index in [-0.39, 0.29) is 5.75 Å². The van der Waals surface area contributed by atoms with Crippen molar-refractivity contribution in [3.05, 3.63) is 59.2 Å². The summed E-state index contributed by atoms with van der Waals surface area (Å²) < 4.78 is 31.6. The van der Waals surface area contributed by atoms with Crippen LogP contribution in [0.3, 0.4) is 0 Å². The van der Waals surface area contributed by atoms with Gasteiger partial charge in [0.15, 0.2) is 11.6 Å². The first-order valence-corrected chi connectivity index (χ1v) is 5.82. The molecule has 0 heterocycles. The summed E-state index contributed by atoms with van der Waals surface area (Å²) in [5.74, 6) is -0.725. The second-order valence-corrected chi connectivity index (χ2v) is 4.12. The Morgan fingerprint density at radius 3 is 2.50 bits per heavy atom. The summed E-state index contributed by atoms with van der Waals surface area (Å²) in [7, 11) is 0. The Morgan fingerprint density at radius 2 is 1.83 bits per heavy atom. The number of ether oxygens (including phenoxy) is 1. The highest BCUT2D eigenvalue weighted by molar-refractivity contribution is 5.38. The molecule has 0 saturated heterocycles. The van der Waals surface area contributed by atoms with E-state index in [1.54, 1.807) is 6.07 Å². The maximum Gasteiger partial charge on any atom is 0.168 e. The maximum absolute atomic E-state index is 13.4. The van der Waals surface area contributed by atoms with Gasteiger partial charge in [0.2, 0.25) is 0 Å². The largest absolute Gasteiger partial charge is 0.454 e. The summed E-state index contributed by atoms with van der Waals surface area (Å²) in [4.78, 5) is 0. The molecule has 2 rings (SSSR count). The highest BCUT2D eigenvalue weighted by atomic mass is 19.1. The minimum absolute atomic E-state index is 0.0299. The van der Waals surface area contributed by atoms with Crippen LogP contribution in [-0.2, 0) is 6.42 Å². The molecule has 0 radical (unpaired) electrons. The molecule has 18 heavy (non-hydrogen) atoms. The van der Waals surface area contributed by atoms with Crippen molar-refractivity contribution >= 4 is 0 Å². The number of aryl methyl sites for hydroxylation is 2. The van der Waals surface area contributed by atoms with Crippen LogP contribution in [0.15, 0.2) is 36.4 Å². The first kappa shape index (κ1) is 12.6. The summed E-state index contributed by atoms with van der Waals surface area (Å²) in [5.41, 5.74) is 2.32. The van der Waals surface area contributed by atoms with E-state index in [0.29, 0.717) is 5.75 Å². The van der Waals surface area contributed by atoms with Crippen molar-refractivity contribution in [1.29, 1.82) is 0 Å². The van der Waals surface area contributed by atoms with Crippen LogP contribution in [0, 0.1) is 18.6 Å². The molecule has 0 amide bonds. The van der Waals surface area contributed by atoms with Crippen molar-refractivity contribution in [2.75, 3.05) is 0 Å². The summed E-state index contributed by atoms with van der Waals surface area (Å²) >= 11 is 0. The summed E-state index contributed by atoms with van der Waals surface area (Å²) in [5, 5.41) is 0. The zero-order valence-electron chi connectivity index (χ0n) is 10.3. The lowest BCUT2D eigenvalue weighted by atomic mass is 10.1. The zero-order chi connectivity index (χ0) is 13.1. The fraction of sp³-hybridized carbons (Fsp3) is 0.200. The number of hydrogen-bond acceptors (Lipinski definition) is 1. The van der Waals surface area contributed by atoms with E-state index in [9.17, 15) is 8.78 Å². The first-order valence-electron chi connectivity index (χ1n) is 5.82. The van der Waals surface area contributed by atoms with Crippen LogP contribution >= 0.6 is 0 Å². The Kier molecular flexibility index (Phi) is 3.60. The van der Waals surface area contributed by atoms with Gasteiger partial charge >= 0.3 is 0 Å². The molecule has 0 saturated carbocycles. The lowest BCUT2D eigenvalue weighted by molar-refractivity contribution is 0.437. The van der Waals surface area contributed by atoms with Gasteiger partial charge in [0.05, 0.1) is 0 Å². The molecule has 0 unspecified atom stereocenters. The third-order valence-corrected chi connectivity index (χ3v) is 2.82. The Morgan fingerprint density at radius 1 is 1.06 bits per heavy atom. The summed E-state index contributed by atoms with van der Waals surface area (Å²) in [6.45, 7) is 4.06. The fourth-order valence-corrected chi connectivity index (χ4v) is 1.78. The van der Waals surface area contributed by atoms with Crippen LogP contribution in [0.5, 0.6) is 11.5 Å². The Bertz CT molecular complexity index is 564. The smallest absolute Gasteiger partial charge is 0.168 e. The third-order valence-electron chi connectivity index (χ3n) is 2.82. The molecule has 0 aliphatic rings. The first-order chi connectivity index (χ1) is 8.60. The SMILES string of the molecule is CCc1cc(Oc2ccc(F)cc2F)ccc1C. The van der Waals surface area contributed by atoms with E-state index >= 15 is 0 Å². The molecule has 0 aromatic heterocycles. The molecule has 2 aromatic rings. The average molecular weight is 248 g/mol. The summed E-state index contributed by atoms with van der Waals surface area (Å²) in [6.07, 6.45) is 0.884. The van der Waals surface area contributed by atoms with Gasteiger partial charge in [0.25, 0.3) is 0 Å². The van der Waals surface area contributed by atoms with Gasteiger partial charge in [0, 0.05) is 6.07 Å². The molecule has 1 nitrogen and oxygen atoms in total. The van der Waals surface area contributed by atoms with Crippen LogP contribution in [0.25, 0.3) is 0 Å². The van der Waals surface area contributed by atoms with Gasteiger partial charge < -0.3 is 4.74 Å². The van der Waals surface area contributed by atoms with Gasteiger partial charge in [-0.1, -0.05) is 13.0 Å². The van der Waals surface area contributed by atoms with Crippen molar-refractivity contribution in [2.24, 2.45) is 0 Å². The molecular weight excluding hydrogens is 234 g/mol. The molecule has 0 atom stereocenters. The van der Waals surface area contributed by atoms with Crippen molar-refractivity contribution in [1.82, 2.24) is 0 Å². The Hall–Kier alpha value is -1.90. The zero-order valence-corrected chi connectivity index (χ0v) is 10.3. The van der Waals surface area contributed by atoms with Gasteiger partial charge in [-0.15, -0.1) is 0 Å². The standard InChI is InChI=1S/C15H14F2O/c1-3-11-8-13(6-4-10(11)2)18-15-7-5-12(16)9-14(15)17/h4-9H,3H2,1-2H3. The lowest BCUT2D eigenvalue weighted by Crippen LogP contribution is -1.92. The molecule has 0 bridgehead atoms. The number of rotatable bonds is 3. The molecule has 0 fully saturated rings. The molecule has 3 heteroatoms. The lowest BCUT2D eigenvalue weighted by Gasteiger charge is -2.09. The molecular formula is C15H14F2O. The van der Waals surface area contributed by atoms with Gasteiger partial charge in [0.1, 0.15) is 11.6 Å². The second-order valence-electron chi connectivity index (χ2n) is 4.12. The van der Waals surface area contributed by atoms with Gasteiger partial charge in [-0.3, -0.25) is 0 Å². The van der Waals surface area contributed by atoms with Crippen LogP contribution < -0.4 is 4.74 Å². The van der Waals surface area contributed by atoms with E-state index in [2.05, 4.69) is 0 Å². The van der Waals surface area contributed by atoms with Crippen molar-refractivity contribution in [2.45, 2.75) is 20.3 Å². The topological polar surface area (TPSA) is 9.23 Å². The van der Waals surface area contributed by atoms with Crippen LogP contribution in [0.4, 0.5) is 8.78 Å².